The van der Waals surface area contributed by atoms with Gasteiger partial charge < -0.3 is 10.2 Å². The number of nitrogens with zero attached hydrogens (tertiary/aromatic N) is 1. The van der Waals surface area contributed by atoms with Gasteiger partial charge >= 0.3 is 0 Å². The Balaban J connectivity index is 2.04. The Morgan fingerprint density at radius 2 is 2.25 bits per heavy atom. The van der Waals surface area contributed by atoms with E-state index in [-0.39, 0.29) is 11.8 Å². The minimum Gasteiger partial charge on any atom is -0.355 e. The van der Waals surface area contributed by atoms with E-state index in [0.717, 1.165) is 10.2 Å². The lowest BCUT2D eigenvalue weighted by Gasteiger charge is -2.17. The second-order valence-corrected chi connectivity index (χ2v) is 6.37. The predicted molar refractivity (Wildman–Crippen MR) is 82.4 cm³/mol. The van der Waals surface area contributed by atoms with Crippen molar-refractivity contribution in [3.8, 4) is 0 Å². The second-order valence-electron chi connectivity index (χ2n) is 5.45. The van der Waals surface area contributed by atoms with E-state index >= 15 is 0 Å². The maximum atomic E-state index is 12.4. The van der Waals surface area contributed by atoms with Crippen LogP contribution in [0.5, 0.6) is 0 Å². The zero-order chi connectivity index (χ0) is 14.7. The van der Waals surface area contributed by atoms with Gasteiger partial charge in [-0.2, -0.15) is 0 Å². The van der Waals surface area contributed by atoms with Crippen molar-refractivity contribution in [2.75, 3.05) is 18.0 Å². The standard InChI is InChI=1S/C15H19BrN2O2/c1-10(2)9-17-14(19)13-6-7-18(15(13)20)12-5-3-4-11(16)8-12/h3-5,8,10,13H,6-7,9H2,1-2H3,(H,17,19). The van der Waals surface area contributed by atoms with Crippen LogP contribution in [-0.4, -0.2) is 24.9 Å². The van der Waals surface area contributed by atoms with Crippen LogP contribution in [0, 0.1) is 11.8 Å². The van der Waals surface area contributed by atoms with Crippen LogP contribution in [0.2, 0.25) is 0 Å². The van der Waals surface area contributed by atoms with Crippen molar-refractivity contribution < 1.29 is 9.59 Å². The van der Waals surface area contributed by atoms with Gasteiger partial charge in [-0.05, 0) is 30.5 Å². The number of hydrogen-bond donors (Lipinski definition) is 1. The molecule has 0 bridgehead atoms. The zero-order valence-electron chi connectivity index (χ0n) is 11.7. The fourth-order valence-corrected chi connectivity index (χ4v) is 2.64. The topological polar surface area (TPSA) is 49.4 Å². The van der Waals surface area contributed by atoms with Crippen molar-refractivity contribution in [2.45, 2.75) is 20.3 Å². The molecule has 1 aromatic rings. The van der Waals surface area contributed by atoms with Crippen molar-refractivity contribution in [1.82, 2.24) is 5.32 Å². The number of carbonyl (C=O) groups excluding carboxylic acids is 2. The SMILES string of the molecule is CC(C)CNC(=O)C1CCN(c2cccc(Br)c2)C1=O. The van der Waals surface area contributed by atoms with E-state index in [1.54, 1.807) is 4.90 Å². The minimum absolute atomic E-state index is 0.107. The molecule has 5 heteroatoms. The maximum Gasteiger partial charge on any atom is 0.239 e. The van der Waals surface area contributed by atoms with Gasteiger partial charge in [0.15, 0.2) is 0 Å². The van der Waals surface area contributed by atoms with Gasteiger partial charge in [-0.15, -0.1) is 0 Å². The Kier molecular flexibility index (Phi) is 4.81. The van der Waals surface area contributed by atoms with E-state index in [9.17, 15) is 9.59 Å². The average Bonchev–Trinajstić information content (AvgIpc) is 2.78. The molecule has 1 unspecified atom stereocenters. The Bertz CT molecular complexity index is 516. The van der Waals surface area contributed by atoms with E-state index in [1.807, 2.05) is 38.1 Å². The summed E-state index contributed by atoms with van der Waals surface area (Å²) in [6, 6.07) is 7.58. The van der Waals surface area contributed by atoms with Gasteiger partial charge in [-0.3, -0.25) is 9.59 Å². The van der Waals surface area contributed by atoms with Gasteiger partial charge in [0, 0.05) is 23.2 Å². The largest absolute Gasteiger partial charge is 0.355 e. The lowest BCUT2D eigenvalue weighted by atomic mass is 10.1. The molecule has 1 N–H and O–H groups in total. The number of rotatable bonds is 4. The van der Waals surface area contributed by atoms with Crippen LogP contribution in [0.15, 0.2) is 28.7 Å². The number of benzene rings is 1. The minimum atomic E-state index is -0.548. The normalized spacial score (nSPS) is 18.7. The number of nitrogens with one attached hydrogen (secondary N) is 1. The molecule has 0 spiro atoms. The summed E-state index contributed by atoms with van der Waals surface area (Å²) in [6.45, 7) is 5.27. The summed E-state index contributed by atoms with van der Waals surface area (Å²) in [5.74, 6) is -0.421. The van der Waals surface area contributed by atoms with Crippen LogP contribution >= 0.6 is 15.9 Å². The van der Waals surface area contributed by atoms with Gasteiger partial charge in [-0.1, -0.05) is 35.8 Å². The van der Waals surface area contributed by atoms with Crippen molar-refractivity contribution in [3.05, 3.63) is 28.7 Å². The highest BCUT2D eigenvalue weighted by atomic mass is 79.9. The molecule has 2 amide bonds. The fourth-order valence-electron chi connectivity index (χ4n) is 2.25. The third-order valence-corrected chi connectivity index (χ3v) is 3.82. The maximum absolute atomic E-state index is 12.4. The molecule has 0 saturated carbocycles. The lowest BCUT2D eigenvalue weighted by Crippen LogP contribution is -2.38. The number of anilines is 1. The number of hydrogen-bond acceptors (Lipinski definition) is 2. The molecule has 0 aliphatic carbocycles. The summed E-state index contributed by atoms with van der Waals surface area (Å²) in [5, 5.41) is 2.84. The molecule has 1 aromatic carbocycles. The van der Waals surface area contributed by atoms with Crippen LogP contribution in [0.1, 0.15) is 20.3 Å². The highest BCUT2D eigenvalue weighted by Crippen LogP contribution is 2.27. The third-order valence-electron chi connectivity index (χ3n) is 3.33. The van der Waals surface area contributed by atoms with Gasteiger partial charge in [0.05, 0.1) is 0 Å². The molecule has 0 aromatic heterocycles. The molecule has 1 fully saturated rings. The molecule has 1 atom stereocenters. The monoisotopic (exact) mass is 338 g/mol. The summed E-state index contributed by atoms with van der Waals surface area (Å²) in [5.41, 5.74) is 0.837. The molecule has 108 valence electrons. The smallest absolute Gasteiger partial charge is 0.239 e. The molecular formula is C15H19BrN2O2. The summed E-state index contributed by atoms with van der Waals surface area (Å²) >= 11 is 3.40. The van der Waals surface area contributed by atoms with Crippen LogP contribution < -0.4 is 10.2 Å². The first-order valence-corrected chi connectivity index (χ1v) is 7.63. The first kappa shape index (κ1) is 15.0. The highest BCUT2D eigenvalue weighted by molar-refractivity contribution is 9.10. The van der Waals surface area contributed by atoms with Crippen molar-refractivity contribution in [3.63, 3.8) is 0 Å². The first-order chi connectivity index (χ1) is 9.49. The second kappa shape index (κ2) is 6.39. The Hall–Kier alpha value is -1.36. The number of amides is 2. The molecule has 0 radical (unpaired) electrons. The van der Waals surface area contributed by atoms with Crippen molar-refractivity contribution >= 4 is 33.4 Å². The molecule has 20 heavy (non-hydrogen) atoms. The number of halogens is 1. The van der Waals surface area contributed by atoms with Crippen LogP contribution in [0.3, 0.4) is 0 Å². The van der Waals surface area contributed by atoms with Crippen LogP contribution in [0.25, 0.3) is 0 Å². The molecule has 4 nitrogen and oxygen atoms in total. The summed E-state index contributed by atoms with van der Waals surface area (Å²) in [7, 11) is 0. The molecule has 2 rings (SSSR count). The van der Waals surface area contributed by atoms with E-state index in [2.05, 4.69) is 21.2 Å². The van der Waals surface area contributed by atoms with Crippen molar-refractivity contribution in [1.29, 1.82) is 0 Å². The Labute approximate surface area is 127 Å². The van der Waals surface area contributed by atoms with Gasteiger partial charge in [0.2, 0.25) is 11.8 Å². The van der Waals surface area contributed by atoms with E-state index in [4.69, 9.17) is 0 Å². The summed E-state index contributed by atoms with van der Waals surface area (Å²) < 4.78 is 0.926. The van der Waals surface area contributed by atoms with Crippen LogP contribution in [0.4, 0.5) is 5.69 Å². The van der Waals surface area contributed by atoms with Gasteiger partial charge in [0.25, 0.3) is 0 Å². The summed E-state index contributed by atoms with van der Waals surface area (Å²) in [6.07, 6.45) is 0.579. The highest BCUT2D eigenvalue weighted by Gasteiger charge is 2.37. The van der Waals surface area contributed by atoms with Gasteiger partial charge in [-0.25, -0.2) is 0 Å². The molecule has 1 heterocycles. The average molecular weight is 339 g/mol. The Morgan fingerprint density at radius 3 is 2.90 bits per heavy atom. The summed E-state index contributed by atoms with van der Waals surface area (Å²) in [4.78, 5) is 26.1. The molecular weight excluding hydrogens is 320 g/mol. The van der Waals surface area contributed by atoms with E-state index < -0.39 is 5.92 Å². The zero-order valence-corrected chi connectivity index (χ0v) is 13.3. The Morgan fingerprint density at radius 1 is 1.50 bits per heavy atom. The predicted octanol–water partition coefficient (Wildman–Crippen LogP) is 2.57. The molecule has 1 aliphatic rings. The van der Waals surface area contributed by atoms with E-state index in [1.165, 1.54) is 0 Å². The molecule has 1 aliphatic heterocycles. The number of carbonyl (C=O) groups is 2. The van der Waals surface area contributed by atoms with Crippen molar-refractivity contribution in [2.24, 2.45) is 11.8 Å². The van der Waals surface area contributed by atoms with Gasteiger partial charge in [0.1, 0.15) is 5.92 Å². The third kappa shape index (κ3) is 3.39. The first-order valence-electron chi connectivity index (χ1n) is 6.83. The van der Waals surface area contributed by atoms with E-state index in [0.29, 0.717) is 25.4 Å². The van der Waals surface area contributed by atoms with Crippen LogP contribution in [-0.2, 0) is 9.59 Å². The quantitative estimate of drug-likeness (QED) is 0.857. The molecule has 1 saturated heterocycles. The lowest BCUT2D eigenvalue weighted by molar-refractivity contribution is -0.132. The fraction of sp³-hybridized carbons (Fsp3) is 0.467.